The van der Waals surface area contributed by atoms with Crippen molar-refractivity contribution in [2.24, 2.45) is 0 Å². The molecule has 0 spiro atoms. The van der Waals surface area contributed by atoms with E-state index in [4.69, 9.17) is 0 Å². The number of hydrogen-bond donors (Lipinski definition) is 3. The molecule has 5 heteroatoms. The number of benzene rings is 2. The van der Waals surface area contributed by atoms with Crippen molar-refractivity contribution in [1.29, 1.82) is 0 Å². The first-order valence-electron chi connectivity index (χ1n) is 6.48. The van der Waals surface area contributed by atoms with Gasteiger partial charge in [-0.25, -0.2) is 0 Å². The van der Waals surface area contributed by atoms with Gasteiger partial charge in [0.1, 0.15) is 5.75 Å². The lowest BCUT2D eigenvalue weighted by Crippen LogP contribution is -2.14. The van der Waals surface area contributed by atoms with E-state index in [2.05, 4.69) is 10.6 Å². The fourth-order valence-electron chi connectivity index (χ4n) is 1.90. The van der Waals surface area contributed by atoms with Gasteiger partial charge in [0.25, 0.3) is 0 Å². The second-order valence-electron chi connectivity index (χ2n) is 4.65. The largest absolute Gasteiger partial charge is 0.508 e. The van der Waals surface area contributed by atoms with Crippen LogP contribution in [0.3, 0.4) is 0 Å². The van der Waals surface area contributed by atoms with Crippen molar-refractivity contribution in [2.45, 2.75) is 13.3 Å². The molecule has 0 saturated carbocycles. The van der Waals surface area contributed by atoms with Crippen LogP contribution in [0.4, 0.5) is 11.4 Å². The number of rotatable bonds is 4. The SMILES string of the molecule is CC(=O)Nc1ccc(NC(=O)Cc2cccc(O)c2)cc1. The average Bonchev–Trinajstić information content (AvgIpc) is 2.40. The van der Waals surface area contributed by atoms with Crippen molar-refractivity contribution < 1.29 is 14.7 Å². The molecule has 2 aromatic carbocycles. The van der Waals surface area contributed by atoms with Crippen molar-refractivity contribution in [1.82, 2.24) is 0 Å². The highest BCUT2D eigenvalue weighted by Crippen LogP contribution is 2.15. The standard InChI is InChI=1S/C16H16N2O3/c1-11(19)17-13-5-7-14(8-6-13)18-16(21)10-12-3-2-4-15(20)9-12/h2-9,20H,10H2,1H3,(H,17,19)(H,18,21). The molecular formula is C16H16N2O3. The fourth-order valence-corrected chi connectivity index (χ4v) is 1.90. The summed E-state index contributed by atoms with van der Waals surface area (Å²) >= 11 is 0. The predicted octanol–water partition coefficient (Wildman–Crippen LogP) is 2.53. The van der Waals surface area contributed by atoms with E-state index in [9.17, 15) is 14.7 Å². The second kappa shape index (κ2) is 6.56. The normalized spacial score (nSPS) is 9.95. The Labute approximate surface area is 122 Å². The van der Waals surface area contributed by atoms with Gasteiger partial charge in [0.15, 0.2) is 0 Å². The Bertz CT molecular complexity index is 651. The molecule has 0 aliphatic heterocycles. The number of anilines is 2. The molecule has 0 unspecified atom stereocenters. The molecule has 2 amide bonds. The first kappa shape index (κ1) is 14.6. The van der Waals surface area contributed by atoms with Crippen LogP contribution in [0.2, 0.25) is 0 Å². The van der Waals surface area contributed by atoms with Crippen LogP contribution < -0.4 is 10.6 Å². The Hall–Kier alpha value is -2.82. The number of phenolic OH excluding ortho intramolecular Hbond substituents is 1. The third-order valence-corrected chi connectivity index (χ3v) is 2.76. The molecule has 0 fully saturated rings. The van der Waals surface area contributed by atoms with Gasteiger partial charge in [-0.15, -0.1) is 0 Å². The summed E-state index contributed by atoms with van der Waals surface area (Å²) in [5, 5.41) is 14.8. The molecule has 21 heavy (non-hydrogen) atoms. The second-order valence-corrected chi connectivity index (χ2v) is 4.65. The van der Waals surface area contributed by atoms with Crippen molar-refractivity contribution in [3.63, 3.8) is 0 Å². The van der Waals surface area contributed by atoms with Crippen LogP contribution in [-0.2, 0) is 16.0 Å². The third kappa shape index (κ3) is 4.65. The summed E-state index contributed by atoms with van der Waals surface area (Å²) in [6.07, 6.45) is 0.182. The Kier molecular flexibility index (Phi) is 4.56. The molecular weight excluding hydrogens is 268 g/mol. The maximum absolute atomic E-state index is 11.9. The quantitative estimate of drug-likeness (QED) is 0.807. The molecule has 2 rings (SSSR count). The summed E-state index contributed by atoms with van der Waals surface area (Å²) in [6, 6.07) is 13.4. The van der Waals surface area contributed by atoms with Crippen LogP contribution in [0.1, 0.15) is 12.5 Å². The first-order chi connectivity index (χ1) is 10.0. The van der Waals surface area contributed by atoms with E-state index >= 15 is 0 Å². The van der Waals surface area contributed by atoms with Crippen LogP contribution in [0.5, 0.6) is 5.75 Å². The molecule has 0 saturated heterocycles. The molecule has 0 aliphatic rings. The lowest BCUT2D eigenvalue weighted by atomic mass is 10.1. The van der Waals surface area contributed by atoms with Gasteiger partial charge in [-0.1, -0.05) is 12.1 Å². The van der Waals surface area contributed by atoms with Crippen molar-refractivity contribution in [3.8, 4) is 5.75 Å². The molecule has 0 atom stereocenters. The summed E-state index contributed by atoms with van der Waals surface area (Å²) in [5.41, 5.74) is 2.06. The Balaban J connectivity index is 1.95. The Morgan fingerprint density at radius 1 is 1.00 bits per heavy atom. The summed E-state index contributed by atoms with van der Waals surface area (Å²) in [4.78, 5) is 22.8. The molecule has 0 heterocycles. The van der Waals surface area contributed by atoms with Gasteiger partial charge in [-0.2, -0.15) is 0 Å². The fraction of sp³-hybridized carbons (Fsp3) is 0.125. The minimum absolute atomic E-state index is 0.139. The molecule has 0 bridgehead atoms. The summed E-state index contributed by atoms with van der Waals surface area (Å²) in [5.74, 6) is -0.177. The molecule has 0 aromatic heterocycles. The van der Waals surface area contributed by atoms with Crippen molar-refractivity contribution >= 4 is 23.2 Å². The summed E-state index contributed by atoms with van der Waals surface area (Å²) in [7, 11) is 0. The molecule has 0 radical (unpaired) electrons. The zero-order valence-corrected chi connectivity index (χ0v) is 11.6. The molecule has 0 aliphatic carbocycles. The highest BCUT2D eigenvalue weighted by molar-refractivity contribution is 5.93. The average molecular weight is 284 g/mol. The molecule has 108 valence electrons. The lowest BCUT2D eigenvalue weighted by Gasteiger charge is -2.07. The van der Waals surface area contributed by atoms with E-state index < -0.39 is 0 Å². The van der Waals surface area contributed by atoms with Crippen LogP contribution >= 0.6 is 0 Å². The van der Waals surface area contributed by atoms with Crippen LogP contribution in [0.25, 0.3) is 0 Å². The number of nitrogens with one attached hydrogen (secondary N) is 2. The topological polar surface area (TPSA) is 78.4 Å². The van der Waals surface area contributed by atoms with Gasteiger partial charge < -0.3 is 15.7 Å². The highest BCUT2D eigenvalue weighted by atomic mass is 16.3. The van der Waals surface area contributed by atoms with E-state index in [-0.39, 0.29) is 24.0 Å². The number of carbonyl (C=O) groups is 2. The van der Waals surface area contributed by atoms with Crippen LogP contribution in [-0.4, -0.2) is 16.9 Å². The maximum atomic E-state index is 11.9. The van der Waals surface area contributed by atoms with Gasteiger partial charge in [-0.05, 0) is 42.0 Å². The lowest BCUT2D eigenvalue weighted by molar-refractivity contribution is -0.116. The van der Waals surface area contributed by atoms with Crippen LogP contribution in [0, 0.1) is 0 Å². The predicted molar refractivity (Wildman–Crippen MR) is 81.2 cm³/mol. The Morgan fingerprint density at radius 3 is 2.19 bits per heavy atom. The van der Waals surface area contributed by atoms with Gasteiger partial charge >= 0.3 is 0 Å². The van der Waals surface area contributed by atoms with Crippen molar-refractivity contribution in [2.75, 3.05) is 10.6 Å². The Morgan fingerprint density at radius 2 is 1.62 bits per heavy atom. The minimum atomic E-state index is -0.173. The van der Waals surface area contributed by atoms with E-state index in [1.165, 1.54) is 6.92 Å². The summed E-state index contributed by atoms with van der Waals surface area (Å²) < 4.78 is 0. The van der Waals surface area contributed by atoms with Gasteiger partial charge in [-0.3, -0.25) is 9.59 Å². The number of aromatic hydroxyl groups is 1. The van der Waals surface area contributed by atoms with Gasteiger partial charge in [0.05, 0.1) is 6.42 Å². The number of carbonyl (C=O) groups excluding carboxylic acids is 2. The first-order valence-corrected chi connectivity index (χ1v) is 6.48. The smallest absolute Gasteiger partial charge is 0.228 e. The maximum Gasteiger partial charge on any atom is 0.228 e. The number of phenols is 1. The zero-order chi connectivity index (χ0) is 15.2. The van der Waals surface area contributed by atoms with Gasteiger partial charge in [0.2, 0.25) is 11.8 Å². The number of hydrogen-bond acceptors (Lipinski definition) is 3. The third-order valence-electron chi connectivity index (χ3n) is 2.76. The highest BCUT2D eigenvalue weighted by Gasteiger charge is 2.05. The van der Waals surface area contributed by atoms with E-state index in [1.807, 2.05) is 0 Å². The van der Waals surface area contributed by atoms with Gasteiger partial charge in [0, 0.05) is 18.3 Å². The van der Waals surface area contributed by atoms with Crippen molar-refractivity contribution in [3.05, 3.63) is 54.1 Å². The minimum Gasteiger partial charge on any atom is -0.508 e. The van der Waals surface area contributed by atoms with E-state index in [0.717, 1.165) is 5.56 Å². The number of amides is 2. The summed E-state index contributed by atoms with van der Waals surface area (Å²) in [6.45, 7) is 1.44. The molecule has 2 aromatic rings. The van der Waals surface area contributed by atoms with E-state index in [0.29, 0.717) is 11.4 Å². The molecule has 5 nitrogen and oxygen atoms in total. The van der Waals surface area contributed by atoms with Crippen LogP contribution in [0.15, 0.2) is 48.5 Å². The molecule has 3 N–H and O–H groups in total. The van der Waals surface area contributed by atoms with E-state index in [1.54, 1.807) is 48.5 Å². The monoisotopic (exact) mass is 284 g/mol. The zero-order valence-electron chi connectivity index (χ0n) is 11.6.